The normalized spacial score (nSPS) is 11.4. The van der Waals surface area contributed by atoms with Gasteiger partial charge < -0.3 is 4.42 Å². The number of amides is 2. The van der Waals surface area contributed by atoms with Crippen molar-refractivity contribution in [2.75, 3.05) is 0 Å². The molecule has 4 aromatic rings. The summed E-state index contributed by atoms with van der Waals surface area (Å²) >= 11 is 0. The molecule has 0 aliphatic heterocycles. The van der Waals surface area contributed by atoms with Crippen LogP contribution in [-0.4, -0.2) is 34.8 Å². The van der Waals surface area contributed by atoms with Gasteiger partial charge in [0.1, 0.15) is 17.1 Å². The molecule has 10 nitrogen and oxygen atoms in total. The van der Waals surface area contributed by atoms with Gasteiger partial charge in [-0.15, -0.1) is 0 Å². The van der Waals surface area contributed by atoms with E-state index in [2.05, 4.69) is 20.9 Å². The van der Waals surface area contributed by atoms with E-state index >= 15 is 0 Å². The van der Waals surface area contributed by atoms with Crippen LogP contribution in [0.4, 0.5) is 0 Å². The summed E-state index contributed by atoms with van der Waals surface area (Å²) in [5, 5.41) is 4.13. The highest BCUT2D eigenvalue weighted by molar-refractivity contribution is 7.90. The molecular weight excluding hydrogens is 434 g/mol. The molecule has 3 heterocycles. The number of hydrazine groups is 1. The van der Waals surface area contributed by atoms with Crippen molar-refractivity contribution in [1.82, 2.24) is 25.4 Å². The zero-order valence-electron chi connectivity index (χ0n) is 17.2. The second-order valence-corrected chi connectivity index (χ2v) is 9.07. The number of furan rings is 1. The number of rotatable bonds is 5. The number of hydrogen-bond acceptors (Lipinski definition) is 7. The number of fused-ring (bicyclic) bond motifs is 1. The lowest BCUT2D eigenvalue weighted by atomic mass is 10.3. The molecule has 0 bridgehead atoms. The van der Waals surface area contributed by atoms with Crippen LogP contribution in [0.3, 0.4) is 0 Å². The lowest BCUT2D eigenvalue weighted by Crippen LogP contribution is -2.41. The monoisotopic (exact) mass is 453 g/mol. The lowest BCUT2D eigenvalue weighted by Gasteiger charge is -2.06. The molecule has 1 aromatic carbocycles. The molecule has 0 atom stereocenters. The molecule has 2 amide bonds. The van der Waals surface area contributed by atoms with Gasteiger partial charge in [-0.2, -0.15) is 5.10 Å². The predicted molar refractivity (Wildman–Crippen MR) is 113 cm³/mol. The number of benzene rings is 1. The highest BCUT2D eigenvalue weighted by Crippen LogP contribution is 2.18. The van der Waals surface area contributed by atoms with E-state index in [4.69, 9.17) is 4.42 Å². The average molecular weight is 453 g/mol. The summed E-state index contributed by atoms with van der Waals surface area (Å²) in [6.07, 6.45) is 1.36. The van der Waals surface area contributed by atoms with Crippen LogP contribution in [0.2, 0.25) is 0 Å². The Hall–Kier alpha value is -3.99. The molecule has 0 fully saturated rings. The number of sulfone groups is 1. The molecule has 164 valence electrons. The molecule has 0 saturated heterocycles. The van der Waals surface area contributed by atoms with Crippen LogP contribution in [-0.2, 0) is 15.6 Å². The predicted octanol–water partition coefficient (Wildman–Crippen LogP) is 1.99. The maximum absolute atomic E-state index is 12.5. The zero-order chi connectivity index (χ0) is 22.9. The topological polar surface area (TPSA) is 136 Å². The van der Waals surface area contributed by atoms with Crippen molar-refractivity contribution in [3.63, 3.8) is 0 Å². The van der Waals surface area contributed by atoms with Crippen molar-refractivity contribution in [2.45, 2.75) is 24.5 Å². The Morgan fingerprint density at radius 1 is 1.03 bits per heavy atom. The molecule has 0 spiro atoms. The van der Waals surface area contributed by atoms with E-state index in [0.29, 0.717) is 5.65 Å². The Bertz CT molecular complexity index is 1420. The number of aromatic nitrogens is 3. The number of nitrogens with one attached hydrogen (secondary N) is 2. The van der Waals surface area contributed by atoms with Crippen LogP contribution < -0.4 is 10.9 Å². The van der Waals surface area contributed by atoms with Gasteiger partial charge in [0.15, 0.2) is 21.2 Å². The molecule has 0 radical (unpaired) electrons. The van der Waals surface area contributed by atoms with Crippen molar-refractivity contribution >= 4 is 27.3 Å². The van der Waals surface area contributed by atoms with Gasteiger partial charge in [-0.3, -0.25) is 20.4 Å². The SMILES string of the molecule is Cc1cc(C)n2ncc(C(=O)NNC(=O)c3ccc(CS(=O)(=O)c4ccccc4)o3)c2n1. The van der Waals surface area contributed by atoms with Crippen LogP contribution in [0, 0.1) is 13.8 Å². The smallest absolute Gasteiger partial charge is 0.305 e. The van der Waals surface area contributed by atoms with Crippen molar-refractivity contribution in [1.29, 1.82) is 0 Å². The van der Waals surface area contributed by atoms with Gasteiger partial charge in [-0.05, 0) is 44.2 Å². The lowest BCUT2D eigenvalue weighted by molar-refractivity contribution is 0.0830. The first-order valence-corrected chi connectivity index (χ1v) is 11.2. The maximum atomic E-state index is 12.5. The number of aryl methyl sites for hydroxylation is 2. The van der Waals surface area contributed by atoms with Gasteiger partial charge in [0.25, 0.3) is 5.91 Å². The van der Waals surface area contributed by atoms with Gasteiger partial charge in [-0.25, -0.2) is 17.9 Å². The first-order chi connectivity index (χ1) is 15.2. The first-order valence-electron chi connectivity index (χ1n) is 9.54. The summed E-state index contributed by atoms with van der Waals surface area (Å²) in [4.78, 5) is 29.3. The van der Waals surface area contributed by atoms with E-state index in [-0.39, 0.29) is 22.0 Å². The van der Waals surface area contributed by atoms with Crippen LogP contribution in [0.1, 0.15) is 38.1 Å². The minimum absolute atomic E-state index is 0.100. The van der Waals surface area contributed by atoms with E-state index in [1.807, 2.05) is 13.0 Å². The summed E-state index contributed by atoms with van der Waals surface area (Å²) < 4.78 is 31.8. The number of carbonyl (C=O) groups excluding carboxylic acids is 2. The minimum atomic E-state index is -3.62. The fraction of sp³-hybridized carbons (Fsp3) is 0.143. The summed E-state index contributed by atoms with van der Waals surface area (Å²) in [6.45, 7) is 3.64. The van der Waals surface area contributed by atoms with Crippen molar-refractivity contribution in [3.8, 4) is 0 Å². The Labute approximate surface area is 183 Å². The quantitative estimate of drug-likeness (QED) is 0.441. The highest BCUT2D eigenvalue weighted by Gasteiger charge is 2.20. The van der Waals surface area contributed by atoms with Gasteiger partial charge in [0, 0.05) is 11.4 Å². The molecule has 11 heteroatoms. The van der Waals surface area contributed by atoms with Crippen LogP contribution >= 0.6 is 0 Å². The zero-order valence-corrected chi connectivity index (χ0v) is 18.0. The van der Waals surface area contributed by atoms with Gasteiger partial charge in [0.2, 0.25) is 0 Å². The molecule has 0 saturated carbocycles. The van der Waals surface area contributed by atoms with Gasteiger partial charge in [0.05, 0.1) is 11.1 Å². The summed E-state index contributed by atoms with van der Waals surface area (Å²) in [5.41, 5.74) is 6.61. The first kappa shape index (κ1) is 21.2. The third-order valence-electron chi connectivity index (χ3n) is 4.63. The molecule has 3 aromatic heterocycles. The van der Waals surface area contributed by atoms with E-state index in [9.17, 15) is 18.0 Å². The van der Waals surface area contributed by atoms with Crippen molar-refractivity contribution in [2.24, 2.45) is 0 Å². The van der Waals surface area contributed by atoms with Gasteiger partial charge >= 0.3 is 5.91 Å². The Morgan fingerprint density at radius 2 is 1.75 bits per heavy atom. The molecule has 0 unspecified atom stereocenters. The van der Waals surface area contributed by atoms with Crippen LogP contribution in [0.25, 0.3) is 5.65 Å². The molecule has 4 rings (SSSR count). The fourth-order valence-corrected chi connectivity index (χ4v) is 4.42. The third kappa shape index (κ3) is 4.23. The molecule has 32 heavy (non-hydrogen) atoms. The van der Waals surface area contributed by atoms with E-state index in [0.717, 1.165) is 11.4 Å². The second kappa shape index (κ2) is 8.27. The van der Waals surface area contributed by atoms with Crippen molar-refractivity contribution in [3.05, 3.63) is 83.2 Å². The standard InChI is InChI=1S/C21H19N5O5S/c1-13-10-14(2)26-19(23-13)17(11-22-26)20(27)24-25-21(28)18-9-8-15(31-18)12-32(29,30)16-6-4-3-5-7-16/h3-11H,12H2,1-2H3,(H,24,27)(H,25,28). The van der Waals surface area contributed by atoms with Crippen LogP contribution in [0.5, 0.6) is 0 Å². The fourth-order valence-electron chi connectivity index (χ4n) is 3.15. The Balaban J connectivity index is 1.42. The number of hydrogen-bond donors (Lipinski definition) is 2. The third-order valence-corrected chi connectivity index (χ3v) is 6.29. The Morgan fingerprint density at radius 3 is 2.50 bits per heavy atom. The van der Waals surface area contributed by atoms with Crippen molar-refractivity contribution < 1.29 is 22.4 Å². The highest BCUT2D eigenvalue weighted by atomic mass is 32.2. The van der Waals surface area contributed by atoms with E-state index < -0.39 is 27.4 Å². The molecule has 2 N–H and O–H groups in total. The largest absolute Gasteiger partial charge is 0.455 e. The maximum Gasteiger partial charge on any atom is 0.305 e. The number of carbonyl (C=O) groups is 2. The average Bonchev–Trinajstić information content (AvgIpc) is 3.39. The second-order valence-electron chi connectivity index (χ2n) is 7.08. The summed E-state index contributed by atoms with van der Waals surface area (Å²) in [6, 6.07) is 12.5. The molecule has 0 aliphatic rings. The van der Waals surface area contributed by atoms with Gasteiger partial charge in [-0.1, -0.05) is 18.2 Å². The molecular formula is C21H19N5O5S. The number of nitrogens with zero attached hydrogens (tertiary/aromatic N) is 3. The summed E-state index contributed by atoms with van der Waals surface area (Å²) in [5.74, 6) is -1.79. The Kier molecular flexibility index (Phi) is 5.49. The van der Waals surface area contributed by atoms with E-state index in [1.54, 1.807) is 25.1 Å². The van der Waals surface area contributed by atoms with E-state index in [1.165, 1.54) is 35.0 Å². The molecule has 0 aliphatic carbocycles. The minimum Gasteiger partial charge on any atom is -0.455 e. The van der Waals surface area contributed by atoms with Crippen LogP contribution in [0.15, 0.2) is 64.0 Å². The summed E-state index contributed by atoms with van der Waals surface area (Å²) in [7, 11) is -3.62.